The fraction of sp³-hybridized carbons (Fsp3) is 0.476. The Labute approximate surface area is 154 Å². The van der Waals surface area contributed by atoms with Gasteiger partial charge in [-0.3, -0.25) is 0 Å². The summed E-state index contributed by atoms with van der Waals surface area (Å²) in [6, 6.07) is 6.93. The highest BCUT2D eigenvalue weighted by Gasteiger charge is 2.48. The van der Waals surface area contributed by atoms with E-state index in [1.807, 2.05) is 6.07 Å². The molecule has 0 radical (unpaired) electrons. The number of aryl methyl sites for hydroxylation is 1. The number of benzene rings is 1. The summed E-state index contributed by atoms with van der Waals surface area (Å²) in [5, 5.41) is 11.5. The third kappa shape index (κ3) is 2.45. The van der Waals surface area contributed by atoms with Gasteiger partial charge in [-0.2, -0.15) is 10.2 Å². The molecule has 0 unspecified atom stereocenters. The molecule has 5 nitrogen and oxygen atoms in total. The Balaban J connectivity index is 1.85. The Kier molecular flexibility index (Phi) is 3.88. The van der Waals surface area contributed by atoms with Crippen molar-refractivity contribution in [2.75, 3.05) is 6.54 Å². The van der Waals surface area contributed by atoms with Gasteiger partial charge in [0, 0.05) is 17.0 Å². The first-order valence-electron chi connectivity index (χ1n) is 9.34. The summed E-state index contributed by atoms with van der Waals surface area (Å²) < 4.78 is 0. The maximum Gasteiger partial charge on any atom is 0.140 e. The van der Waals surface area contributed by atoms with Crippen molar-refractivity contribution in [1.82, 2.24) is 25.5 Å². The van der Waals surface area contributed by atoms with Gasteiger partial charge in [0.2, 0.25) is 0 Å². The molecule has 3 heterocycles. The van der Waals surface area contributed by atoms with E-state index in [-0.39, 0.29) is 10.8 Å². The smallest absolute Gasteiger partial charge is 0.140 e. The van der Waals surface area contributed by atoms with Gasteiger partial charge in [-0.25, -0.2) is 4.98 Å². The summed E-state index contributed by atoms with van der Waals surface area (Å²) in [6.45, 7) is 12.8. The average Bonchev–Trinajstić information content (AvgIpc) is 3.03. The summed E-state index contributed by atoms with van der Waals surface area (Å²) in [7, 11) is 0. The molecule has 0 amide bonds. The molecule has 1 aliphatic rings. The van der Waals surface area contributed by atoms with Crippen LogP contribution in [-0.2, 0) is 5.41 Å². The maximum absolute atomic E-state index is 4.77. The second-order valence-electron chi connectivity index (χ2n) is 8.38. The summed E-state index contributed by atoms with van der Waals surface area (Å²) in [5.74, 6) is 0.842. The molecule has 4 rings (SSSR count). The average molecular weight is 349 g/mol. The van der Waals surface area contributed by atoms with Gasteiger partial charge in [0.05, 0.1) is 23.4 Å². The largest absolute Gasteiger partial charge is 0.338 e. The van der Waals surface area contributed by atoms with Crippen molar-refractivity contribution in [3.05, 3.63) is 41.7 Å². The highest BCUT2D eigenvalue weighted by atomic mass is 15.1. The molecular weight excluding hydrogens is 322 g/mol. The van der Waals surface area contributed by atoms with Gasteiger partial charge >= 0.3 is 0 Å². The molecule has 0 bridgehead atoms. The van der Waals surface area contributed by atoms with Gasteiger partial charge in [0.15, 0.2) is 0 Å². The molecule has 1 saturated heterocycles. The normalized spacial score (nSPS) is 25.5. The van der Waals surface area contributed by atoms with Gasteiger partial charge in [-0.1, -0.05) is 20.8 Å². The highest BCUT2D eigenvalue weighted by Crippen LogP contribution is 2.49. The lowest BCUT2D eigenvalue weighted by Gasteiger charge is -2.53. The Morgan fingerprint density at radius 1 is 1.15 bits per heavy atom. The summed E-state index contributed by atoms with van der Waals surface area (Å²) in [5.41, 5.74) is 6.04. The quantitative estimate of drug-likeness (QED) is 0.734. The maximum atomic E-state index is 4.77. The number of aromatic amines is 1. The zero-order valence-electron chi connectivity index (χ0n) is 16.2. The van der Waals surface area contributed by atoms with Crippen LogP contribution >= 0.6 is 0 Å². The van der Waals surface area contributed by atoms with Crippen LogP contribution in [0.1, 0.15) is 45.2 Å². The zero-order valence-corrected chi connectivity index (χ0v) is 16.2. The molecule has 1 aromatic carbocycles. The van der Waals surface area contributed by atoms with Crippen LogP contribution in [0.3, 0.4) is 0 Å². The summed E-state index contributed by atoms with van der Waals surface area (Å²) in [4.78, 5) is 8.25. The molecular formula is C21H27N5. The van der Waals surface area contributed by atoms with Gasteiger partial charge in [0.1, 0.15) is 5.82 Å². The van der Waals surface area contributed by atoms with Crippen LogP contribution in [0.2, 0.25) is 0 Å². The number of H-pyrrole nitrogens is 1. The molecule has 5 heteroatoms. The Bertz CT molecular complexity index is 944. The molecule has 2 aromatic heterocycles. The standard InChI is InChI=1S/C21H27N5/c1-13-10-17-18(26-19(25-17)15-6-8-23-24-12-15)11-16(13)21(5)7-9-22-14(2)20(21,3)4/h6,8,10-12,14,22H,7,9H2,1-5H3,(H,25,26)/t14-,21+/m1/s1. The Hall–Kier alpha value is -2.27. The second-order valence-corrected chi connectivity index (χ2v) is 8.38. The summed E-state index contributed by atoms with van der Waals surface area (Å²) in [6.07, 6.45) is 4.56. The van der Waals surface area contributed by atoms with Crippen molar-refractivity contribution in [3.63, 3.8) is 0 Å². The number of nitrogens with zero attached hydrogens (tertiary/aromatic N) is 3. The lowest BCUT2D eigenvalue weighted by Crippen LogP contribution is -2.57. The predicted octanol–water partition coefficient (Wildman–Crippen LogP) is 3.99. The molecule has 1 fully saturated rings. The van der Waals surface area contributed by atoms with Crippen molar-refractivity contribution in [3.8, 4) is 11.4 Å². The van der Waals surface area contributed by atoms with Crippen LogP contribution in [0.4, 0.5) is 0 Å². The van der Waals surface area contributed by atoms with Crippen molar-refractivity contribution < 1.29 is 0 Å². The fourth-order valence-corrected chi connectivity index (χ4v) is 4.40. The molecule has 0 saturated carbocycles. The van der Waals surface area contributed by atoms with Gasteiger partial charge in [-0.05, 0) is 61.6 Å². The van der Waals surface area contributed by atoms with Crippen LogP contribution in [0.15, 0.2) is 30.6 Å². The van der Waals surface area contributed by atoms with E-state index in [1.54, 1.807) is 12.4 Å². The third-order valence-corrected chi connectivity index (χ3v) is 6.86. The highest BCUT2D eigenvalue weighted by molar-refractivity contribution is 5.81. The van der Waals surface area contributed by atoms with E-state index in [2.05, 4.69) is 67.2 Å². The van der Waals surface area contributed by atoms with Crippen molar-refractivity contribution in [2.24, 2.45) is 5.41 Å². The number of hydrogen-bond donors (Lipinski definition) is 2. The molecule has 3 aromatic rings. The number of imidazole rings is 1. The first-order chi connectivity index (χ1) is 12.3. The molecule has 2 atom stereocenters. The van der Waals surface area contributed by atoms with E-state index in [9.17, 15) is 0 Å². The third-order valence-electron chi connectivity index (χ3n) is 6.86. The van der Waals surface area contributed by atoms with E-state index in [0.717, 1.165) is 35.4 Å². The van der Waals surface area contributed by atoms with E-state index >= 15 is 0 Å². The SMILES string of the molecule is Cc1cc2nc(-c3ccnnc3)[nH]c2cc1[C@]1(C)CCN[C@H](C)C1(C)C. The van der Waals surface area contributed by atoms with Gasteiger partial charge in [-0.15, -0.1) is 0 Å². The van der Waals surface area contributed by atoms with Crippen LogP contribution in [0, 0.1) is 12.3 Å². The Morgan fingerprint density at radius 2 is 1.96 bits per heavy atom. The van der Waals surface area contributed by atoms with Crippen molar-refractivity contribution in [1.29, 1.82) is 0 Å². The van der Waals surface area contributed by atoms with E-state index in [0.29, 0.717) is 6.04 Å². The molecule has 136 valence electrons. The number of aromatic nitrogens is 4. The minimum absolute atomic E-state index is 0.111. The summed E-state index contributed by atoms with van der Waals surface area (Å²) >= 11 is 0. The topological polar surface area (TPSA) is 66.5 Å². The number of rotatable bonds is 2. The second kappa shape index (κ2) is 5.88. The van der Waals surface area contributed by atoms with E-state index < -0.39 is 0 Å². The van der Waals surface area contributed by atoms with Crippen LogP contribution < -0.4 is 5.32 Å². The molecule has 2 N–H and O–H groups in total. The predicted molar refractivity (Wildman–Crippen MR) is 105 cm³/mol. The van der Waals surface area contributed by atoms with Crippen LogP contribution in [-0.4, -0.2) is 32.8 Å². The van der Waals surface area contributed by atoms with Gasteiger partial charge < -0.3 is 10.3 Å². The molecule has 26 heavy (non-hydrogen) atoms. The minimum Gasteiger partial charge on any atom is -0.338 e. The lowest BCUT2D eigenvalue weighted by molar-refractivity contribution is 0.0783. The minimum atomic E-state index is 0.111. The number of fused-ring (bicyclic) bond motifs is 1. The number of hydrogen-bond acceptors (Lipinski definition) is 4. The van der Waals surface area contributed by atoms with Crippen LogP contribution in [0.25, 0.3) is 22.4 Å². The first-order valence-corrected chi connectivity index (χ1v) is 9.34. The Morgan fingerprint density at radius 3 is 2.69 bits per heavy atom. The first kappa shape index (κ1) is 17.2. The fourth-order valence-electron chi connectivity index (χ4n) is 4.40. The number of piperidine rings is 1. The van der Waals surface area contributed by atoms with E-state index in [4.69, 9.17) is 4.98 Å². The van der Waals surface area contributed by atoms with Crippen LogP contribution in [0.5, 0.6) is 0 Å². The number of nitrogens with one attached hydrogen (secondary N) is 2. The van der Waals surface area contributed by atoms with Gasteiger partial charge in [0.25, 0.3) is 0 Å². The van der Waals surface area contributed by atoms with E-state index in [1.165, 1.54) is 11.1 Å². The lowest BCUT2D eigenvalue weighted by atomic mass is 9.56. The zero-order chi connectivity index (χ0) is 18.5. The van der Waals surface area contributed by atoms with Crippen molar-refractivity contribution in [2.45, 2.75) is 52.5 Å². The molecule has 0 spiro atoms. The molecule has 1 aliphatic heterocycles. The monoisotopic (exact) mass is 349 g/mol. The van der Waals surface area contributed by atoms with Crippen molar-refractivity contribution >= 4 is 11.0 Å². The molecule has 0 aliphatic carbocycles.